The molecule has 2 rings (SSSR count). The first kappa shape index (κ1) is 19.6. The molecule has 8 nitrogen and oxygen atoms in total. The van der Waals surface area contributed by atoms with E-state index in [4.69, 9.17) is 19.7 Å². The summed E-state index contributed by atoms with van der Waals surface area (Å²) in [6, 6.07) is 4.75. The van der Waals surface area contributed by atoms with E-state index in [1.165, 1.54) is 13.2 Å². The maximum absolute atomic E-state index is 10.9. The molecule has 0 aromatic heterocycles. The Morgan fingerprint density at radius 3 is 2.68 bits per heavy atom. The summed E-state index contributed by atoms with van der Waals surface area (Å²) in [5.41, 5.74) is -1.01. The zero-order valence-electron chi connectivity index (χ0n) is 14.1. The maximum Gasteiger partial charge on any atom is 0.303 e. The van der Waals surface area contributed by atoms with Gasteiger partial charge in [-0.3, -0.25) is 4.79 Å². The molecule has 5 atom stereocenters. The number of hydrogen-bond donors (Lipinski definition) is 5. The second kappa shape index (κ2) is 7.67. The van der Waals surface area contributed by atoms with Crippen molar-refractivity contribution in [2.75, 3.05) is 20.3 Å². The van der Waals surface area contributed by atoms with Gasteiger partial charge in [0.1, 0.15) is 29.7 Å². The predicted molar refractivity (Wildman–Crippen MR) is 86.4 cm³/mol. The number of benzene rings is 1. The van der Waals surface area contributed by atoms with Crippen molar-refractivity contribution < 1.29 is 39.8 Å². The zero-order chi connectivity index (χ0) is 18.8. The molecule has 1 aromatic carbocycles. The first-order valence-corrected chi connectivity index (χ1v) is 7.95. The minimum atomic E-state index is -1.93. The second-order valence-electron chi connectivity index (χ2n) is 6.35. The molecule has 1 aromatic rings. The Balaban J connectivity index is 2.36. The molecule has 0 spiro atoms. The number of methoxy groups -OCH3 is 1. The molecule has 0 saturated carbocycles. The number of hydrogen-bond acceptors (Lipinski definition) is 7. The van der Waals surface area contributed by atoms with Crippen LogP contribution in [0.4, 0.5) is 0 Å². The van der Waals surface area contributed by atoms with Gasteiger partial charge in [0.05, 0.1) is 26.7 Å². The second-order valence-corrected chi connectivity index (χ2v) is 6.35. The van der Waals surface area contributed by atoms with Crippen LogP contribution >= 0.6 is 0 Å². The van der Waals surface area contributed by atoms with Crippen molar-refractivity contribution in [3.8, 4) is 5.75 Å². The molecule has 8 heteroatoms. The van der Waals surface area contributed by atoms with Crippen LogP contribution in [0, 0.1) is 0 Å². The number of carboxylic acid groups (broad SMARTS) is 1. The van der Waals surface area contributed by atoms with Gasteiger partial charge in [0.25, 0.3) is 0 Å². The fraction of sp³-hybridized carbons (Fsp3) is 0.588. The van der Waals surface area contributed by atoms with Crippen molar-refractivity contribution in [3.05, 3.63) is 29.3 Å². The van der Waals surface area contributed by atoms with E-state index in [0.29, 0.717) is 5.56 Å². The van der Waals surface area contributed by atoms with E-state index < -0.39 is 36.5 Å². The Morgan fingerprint density at radius 1 is 1.44 bits per heavy atom. The lowest BCUT2D eigenvalue weighted by molar-refractivity contribution is -0.245. The van der Waals surface area contributed by atoms with E-state index in [-0.39, 0.29) is 30.3 Å². The largest absolute Gasteiger partial charge is 0.496 e. The van der Waals surface area contributed by atoms with Crippen molar-refractivity contribution >= 4 is 5.97 Å². The Labute approximate surface area is 145 Å². The summed E-state index contributed by atoms with van der Waals surface area (Å²) in [7, 11) is 1.39. The normalized spacial score (nSPS) is 30.7. The van der Waals surface area contributed by atoms with Crippen LogP contribution in [0.3, 0.4) is 0 Å². The van der Waals surface area contributed by atoms with Gasteiger partial charge in [-0.2, -0.15) is 0 Å². The highest BCUT2D eigenvalue weighted by atomic mass is 16.5. The van der Waals surface area contributed by atoms with Gasteiger partial charge in [-0.15, -0.1) is 0 Å². The lowest BCUT2D eigenvalue weighted by atomic mass is 9.81. The summed E-state index contributed by atoms with van der Waals surface area (Å²) in [4.78, 5) is 10.9. The minimum absolute atomic E-state index is 0.0601. The van der Waals surface area contributed by atoms with E-state index in [2.05, 4.69) is 0 Å². The van der Waals surface area contributed by atoms with Crippen molar-refractivity contribution in [2.45, 2.75) is 43.2 Å². The van der Waals surface area contributed by atoms with Crippen LogP contribution in [0.15, 0.2) is 18.2 Å². The first-order chi connectivity index (χ1) is 11.7. The third-order valence-electron chi connectivity index (χ3n) is 4.63. The highest BCUT2D eigenvalue weighted by Crippen LogP contribution is 2.39. The molecular formula is C17H24O8. The molecular weight excluding hydrogens is 332 g/mol. The van der Waals surface area contributed by atoms with Crippen LogP contribution in [-0.2, 0) is 15.1 Å². The Bertz CT molecular complexity index is 619. The summed E-state index contributed by atoms with van der Waals surface area (Å²) < 4.78 is 10.6. The maximum atomic E-state index is 10.9. The van der Waals surface area contributed by atoms with Gasteiger partial charge in [-0.05, 0) is 17.5 Å². The van der Waals surface area contributed by atoms with Gasteiger partial charge in [-0.1, -0.05) is 19.1 Å². The summed E-state index contributed by atoms with van der Waals surface area (Å²) >= 11 is 0. The number of carbonyl (C=O) groups is 1. The van der Waals surface area contributed by atoms with Gasteiger partial charge in [0.15, 0.2) is 0 Å². The predicted octanol–water partition coefficient (Wildman–Crippen LogP) is -0.426. The molecule has 1 unspecified atom stereocenters. The Morgan fingerprint density at radius 2 is 2.12 bits per heavy atom. The smallest absolute Gasteiger partial charge is 0.303 e. The topological polar surface area (TPSA) is 137 Å². The molecule has 0 amide bonds. The lowest BCUT2D eigenvalue weighted by Crippen LogP contribution is -2.60. The average Bonchev–Trinajstić information content (AvgIpc) is 2.58. The molecule has 0 aliphatic carbocycles. The Kier molecular flexibility index (Phi) is 6.02. The fourth-order valence-corrected chi connectivity index (χ4v) is 3.05. The van der Waals surface area contributed by atoms with Crippen LogP contribution in [0.1, 0.15) is 30.4 Å². The molecule has 25 heavy (non-hydrogen) atoms. The number of aliphatic carboxylic acids is 1. The summed E-state index contributed by atoms with van der Waals surface area (Å²) in [5.74, 6) is -0.954. The molecule has 1 aliphatic heterocycles. The fourth-order valence-electron chi connectivity index (χ4n) is 3.05. The van der Waals surface area contributed by atoms with Crippen LogP contribution in [0.5, 0.6) is 5.75 Å². The van der Waals surface area contributed by atoms with E-state index in [1.54, 1.807) is 19.1 Å². The standard InChI is InChI=1S/C17H24O8/c1-9(5-14(19)20)10-3-4-11(12(6-10)24-2)17(23)8-25-13(7-18)15(21)16(17)22/h3-4,6,9,13,15-16,18,21-23H,5,7-8H2,1-2H3,(H,19,20)/t9?,13-,15-,16+,17+/m1/s1. The number of rotatable bonds is 6. The van der Waals surface area contributed by atoms with Gasteiger partial charge in [0, 0.05) is 5.56 Å². The minimum Gasteiger partial charge on any atom is -0.496 e. The van der Waals surface area contributed by atoms with Crippen molar-refractivity contribution in [2.24, 2.45) is 0 Å². The van der Waals surface area contributed by atoms with E-state index >= 15 is 0 Å². The van der Waals surface area contributed by atoms with Gasteiger partial charge < -0.3 is 35.0 Å². The highest BCUT2D eigenvalue weighted by Gasteiger charge is 2.50. The Hall–Kier alpha value is -1.71. The number of ether oxygens (including phenoxy) is 2. The number of aliphatic hydroxyl groups excluding tert-OH is 3. The van der Waals surface area contributed by atoms with E-state index in [0.717, 1.165) is 0 Å². The third kappa shape index (κ3) is 3.78. The summed E-state index contributed by atoms with van der Waals surface area (Å²) in [6.45, 7) is 0.930. The molecule has 0 bridgehead atoms. The average molecular weight is 356 g/mol. The molecule has 0 radical (unpaired) electrons. The number of aliphatic hydroxyl groups is 4. The summed E-state index contributed by atoms with van der Waals surface area (Å²) in [5, 5.41) is 49.3. The lowest BCUT2D eigenvalue weighted by Gasteiger charge is -2.43. The van der Waals surface area contributed by atoms with Crippen LogP contribution in [0.25, 0.3) is 0 Å². The van der Waals surface area contributed by atoms with Crippen molar-refractivity contribution in [1.82, 2.24) is 0 Å². The SMILES string of the molecule is COc1cc(C(C)CC(=O)O)ccc1[C@@]1(O)CO[C@H](CO)[C@@H](O)[C@@H]1O. The van der Waals surface area contributed by atoms with Crippen LogP contribution in [-0.4, -0.2) is 70.1 Å². The molecule has 1 heterocycles. The zero-order valence-corrected chi connectivity index (χ0v) is 14.1. The number of carboxylic acids is 1. The van der Waals surface area contributed by atoms with Crippen molar-refractivity contribution in [3.63, 3.8) is 0 Å². The summed E-state index contributed by atoms with van der Waals surface area (Å²) in [6.07, 6.45) is -4.11. The van der Waals surface area contributed by atoms with Crippen molar-refractivity contribution in [1.29, 1.82) is 0 Å². The third-order valence-corrected chi connectivity index (χ3v) is 4.63. The molecule has 1 saturated heterocycles. The van der Waals surface area contributed by atoms with Gasteiger partial charge >= 0.3 is 5.97 Å². The molecule has 1 fully saturated rings. The van der Waals surface area contributed by atoms with Gasteiger partial charge in [0.2, 0.25) is 0 Å². The molecule has 5 N–H and O–H groups in total. The van der Waals surface area contributed by atoms with E-state index in [9.17, 15) is 20.1 Å². The quantitative estimate of drug-likeness (QED) is 0.463. The molecule has 140 valence electrons. The van der Waals surface area contributed by atoms with Gasteiger partial charge in [-0.25, -0.2) is 0 Å². The first-order valence-electron chi connectivity index (χ1n) is 7.95. The monoisotopic (exact) mass is 356 g/mol. The highest BCUT2D eigenvalue weighted by molar-refractivity contribution is 5.68. The molecule has 1 aliphatic rings. The van der Waals surface area contributed by atoms with Crippen LogP contribution < -0.4 is 4.74 Å². The van der Waals surface area contributed by atoms with Crippen LogP contribution in [0.2, 0.25) is 0 Å². The van der Waals surface area contributed by atoms with E-state index in [1.807, 2.05) is 0 Å².